The van der Waals surface area contributed by atoms with E-state index in [1.165, 1.54) is 0 Å². The Morgan fingerprint density at radius 3 is 2.60 bits per heavy atom. The molecule has 0 saturated carbocycles. The van der Waals surface area contributed by atoms with Crippen molar-refractivity contribution in [2.24, 2.45) is 0 Å². The van der Waals surface area contributed by atoms with E-state index in [1.54, 1.807) is 0 Å². The van der Waals surface area contributed by atoms with Crippen molar-refractivity contribution in [2.75, 3.05) is 6.61 Å². The van der Waals surface area contributed by atoms with E-state index in [0.717, 1.165) is 12.8 Å². The fourth-order valence-electron chi connectivity index (χ4n) is 0.904. The summed E-state index contributed by atoms with van der Waals surface area (Å²) in [4.78, 5) is 0. The van der Waals surface area contributed by atoms with E-state index in [9.17, 15) is 0 Å². The molecule has 0 aromatic carbocycles. The Hall–Kier alpha value is -0.550. The number of hydrogen-bond acceptors (Lipinski definition) is 2. The normalized spacial score (nSPS) is 12.5. The van der Waals surface area contributed by atoms with Crippen LogP contribution < -0.4 is 0 Å². The summed E-state index contributed by atoms with van der Waals surface area (Å²) >= 11 is 0. The van der Waals surface area contributed by atoms with Gasteiger partial charge in [-0.05, 0) is 13.3 Å². The summed E-state index contributed by atoms with van der Waals surface area (Å²) in [6.07, 6.45) is 2.79. The molecule has 10 heavy (non-hydrogen) atoms. The molecule has 0 amide bonds. The lowest BCUT2D eigenvalue weighted by molar-refractivity contribution is 0.0597. The molecule has 0 rings (SSSR count). The van der Waals surface area contributed by atoms with Gasteiger partial charge in [0.25, 0.3) is 0 Å². The Bertz CT molecular complexity index is 100. The van der Waals surface area contributed by atoms with Crippen molar-refractivity contribution in [3.8, 4) is 6.07 Å². The van der Waals surface area contributed by atoms with Gasteiger partial charge in [0.1, 0.15) is 0 Å². The first kappa shape index (κ1) is 9.45. The van der Waals surface area contributed by atoms with Crippen LogP contribution in [-0.2, 0) is 4.74 Å². The zero-order valence-electron chi connectivity index (χ0n) is 6.76. The maximum Gasteiger partial charge on any atom is 0.0704 e. The van der Waals surface area contributed by atoms with Gasteiger partial charge in [-0.2, -0.15) is 5.26 Å². The van der Waals surface area contributed by atoms with Crippen LogP contribution in [0.4, 0.5) is 0 Å². The number of ether oxygens (including phenoxy) is 1. The largest absolute Gasteiger partial charge is 0.377 e. The topological polar surface area (TPSA) is 33.0 Å². The summed E-state index contributed by atoms with van der Waals surface area (Å²) in [6, 6.07) is 2.11. The van der Waals surface area contributed by atoms with Crippen LogP contribution >= 0.6 is 0 Å². The molecule has 0 bridgehead atoms. The summed E-state index contributed by atoms with van der Waals surface area (Å²) < 4.78 is 5.30. The highest BCUT2D eigenvalue weighted by Crippen LogP contribution is 2.05. The predicted molar refractivity (Wildman–Crippen MR) is 40.6 cm³/mol. The van der Waals surface area contributed by atoms with Crippen LogP contribution in [0.15, 0.2) is 0 Å². The Balaban J connectivity index is 3.42. The van der Waals surface area contributed by atoms with Gasteiger partial charge >= 0.3 is 0 Å². The molecule has 0 radical (unpaired) electrons. The molecule has 1 unspecified atom stereocenters. The minimum Gasteiger partial charge on any atom is -0.377 e. The van der Waals surface area contributed by atoms with E-state index in [-0.39, 0.29) is 6.10 Å². The zero-order valence-corrected chi connectivity index (χ0v) is 6.76. The third-order valence-corrected chi connectivity index (χ3v) is 1.33. The van der Waals surface area contributed by atoms with Crippen LogP contribution in [0.1, 0.15) is 33.1 Å². The number of nitriles is 1. The Morgan fingerprint density at radius 2 is 2.20 bits per heavy atom. The minimum atomic E-state index is 0.167. The molecule has 0 spiro atoms. The number of nitrogens with zero attached hydrogens (tertiary/aromatic N) is 1. The van der Waals surface area contributed by atoms with Gasteiger partial charge in [0, 0.05) is 6.61 Å². The standard InChI is InChI=1S/C8H15NO/c1-3-5-8(6-7-9)10-4-2/h8H,3-6H2,1-2H3. The van der Waals surface area contributed by atoms with Crippen LogP contribution in [-0.4, -0.2) is 12.7 Å². The van der Waals surface area contributed by atoms with E-state index in [0.29, 0.717) is 13.0 Å². The Labute approximate surface area is 62.8 Å². The van der Waals surface area contributed by atoms with Gasteiger partial charge in [0.05, 0.1) is 18.6 Å². The van der Waals surface area contributed by atoms with Gasteiger partial charge in [-0.25, -0.2) is 0 Å². The molecule has 0 aliphatic heterocycles. The first-order valence-corrected chi connectivity index (χ1v) is 3.83. The summed E-state index contributed by atoms with van der Waals surface area (Å²) in [7, 11) is 0. The highest BCUT2D eigenvalue weighted by Gasteiger charge is 2.04. The van der Waals surface area contributed by atoms with Gasteiger partial charge in [-0.1, -0.05) is 13.3 Å². The van der Waals surface area contributed by atoms with Crippen LogP contribution in [0.5, 0.6) is 0 Å². The molecule has 0 aromatic heterocycles. The lowest BCUT2D eigenvalue weighted by atomic mass is 10.1. The molecule has 1 atom stereocenters. The molecule has 2 nitrogen and oxygen atoms in total. The van der Waals surface area contributed by atoms with Gasteiger partial charge in [0.2, 0.25) is 0 Å². The lowest BCUT2D eigenvalue weighted by Gasteiger charge is -2.11. The molecule has 0 aliphatic carbocycles. The zero-order chi connectivity index (χ0) is 7.82. The molecule has 58 valence electrons. The maximum absolute atomic E-state index is 8.36. The predicted octanol–water partition coefficient (Wildman–Crippen LogP) is 2.11. The molecular weight excluding hydrogens is 126 g/mol. The van der Waals surface area contributed by atoms with Crippen molar-refractivity contribution in [2.45, 2.75) is 39.2 Å². The van der Waals surface area contributed by atoms with Gasteiger partial charge in [-0.15, -0.1) is 0 Å². The summed E-state index contributed by atoms with van der Waals surface area (Å²) in [6.45, 7) is 4.77. The third kappa shape index (κ3) is 4.34. The lowest BCUT2D eigenvalue weighted by Crippen LogP contribution is -2.11. The van der Waals surface area contributed by atoms with Crippen molar-refractivity contribution in [3.63, 3.8) is 0 Å². The quantitative estimate of drug-likeness (QED) is 0.587. The summed E-state index contributed by atoms with van der Waals surface area (Å²) in [5, 5.41) is 8.36. The number of rotatable bonds is 5. The van der Waals surface area contributed by atoms with E-state index >= 15 is 0 Å². The molecule has 0 N–H and O–H groups in total. The minimum absolute atomic E-state index is 0.167. The average molecular weight is 141 g/mol. The summed E-state index contributed by atoms with van der Waals surface area (Å²) in [5.74, 6) is 0. The second kappa shape index (κ2) is 6.57. The van der Waals surface area contributed by atoms with Crippen molar-refractivity contribution in [1.82, 2.24) is 0 Å². The fourth-order valence-corrected chi connectivity index (χ4v) is 0.904. The number of hydrogen-bond donors (Lipinski definition) is 0. The first-order chi connectivity index (χ1) is 4.85. The fraction of sp³-hybridized carbons (Fsp3) is 0.875. The van der Waals surface area contributed by atoms with Gasteiger partial charge in [-0.3, -0.25) is 0 Å². The third-order valence-electron chi connectivity index (χ3n) is 1.33. The molecule has 0 saturated heterocycles. The molecule has 0 aromatic rings. The van der Waals surface area contributed by atoms with Crippen LogP contribution in [0.3, 0.4) is 0 Å². The SMILES string of the molecule is CCCC(CC#N)OCC. The second-order valence-corrected chi connectivity index (χ2v) is 2.23. The van der Waals surface area contributed by atoms with Crippen molar-refractivity contribution in [3.05, 3.63) is 0 Å². The maximum atomic E-state index is 8.36. The summed E-state index contributed by atoms with van der Waals surface area (Å²) in [5.41, 5.74) is 0. The van der Waals surface area contributed by atoms with Crippen molar-refractivity contribution in [1.29, 1.82) is 5.26 Å². The van der Waals surface area contributed by atoms with E-state index < -0.39 is 0 Å². The first-order valence-electron chi connectivity index (χ1n) is 3.83. The van der Waals surface area contributed by atoms with Gasteiger partial charge in [0.15, 0.2) is 0 Å². The highest BCUT2D eigenvalue weighted by atomic mass is 16.5. The Kier molecular flexibility index (Phi) is 6.21. The second-order valence-electron chi connectivity index (χ2n) is 2.23. The van der Waals surface area contributed by atoms with E-state index in [4.69, 9.17) is 10.00 Å². The van der Waals surface area contributed by atoms with Crippen LogP contribution in [0.25, 0.3) is 0 Å². The molecule has 2 heteroatoms. The van der Waals surface area contributed by atoms with Crippen LogP contribution in [0, 0.1) is 11.3 Å². The van der Waals surface area contributed by atoms with Gasteiger partial charge < -0.3 is 4.74 Å². The smallest absolute Gasteiger partial charge is 0.0704 e. The average Bonchev–Trinajstić information content (AvgIpc) is 1.90. The molecule has 0 heterocycles. The molecular formula is C8H15NO. The van der Waals surface area contributed by atoms with E-state index in [2.05, 4.69) is 13.0 Å². The monoisotopic (exact) mass is 141 g/mol. The van der Waals surface area contributed by atoms with Crippen molar-refractivity contribution < 1.29 is 4.74 Å². The van der Waals surface area contributed by atoms with Crippen LogP contribution in [0.2, 0.25) is 0 Å². The molecule has 0 fully saturated rings. The van der Waals surface area contributed by atoms with Crippen molar-refractivity contribution >= 4 is 0 Å². The Morgan fingerprint density at radius 1 is 1.50 bits per heavy atom. The molecule has 0 aliphatic rings. The highest BCUT2D eigenvalue weighted by molar-refractivity contribution is 4.75. The van der Waals surface area contributed by atoms with E-state index in [1.807, 2.05) is 6.92 Å².